The van der Waals surface area contributed by atoms with Crippen molar-refractivity contribution in [1.82, 2.24) is 87.9 Å². The van der Waals surface area contributed by atoms with Gasteiger partial charge in [-0.15, -0.1) is 48.2 Å². The predicted molar refractivity (Wildman–Crippen MR) is 580 cm³/mol. The van der Waals surface area contributed by atoms with E-state index in [1.807, 2.05) is 132 Å². The first-order chi connectivity index (χ1) is 68.8. The molecule has 0 fully saturated rings. The Hall–Kier alpha value is -17.4. The number of aromatic amines is 3. The largest absolute Gasteiger partial charge is 0.496 e. The van der Waals surface area contributed by atoms with Crippen molar-refractivity contribution in [2.45, 2.75) is 96.9 Å². The Labute approximate surface area is 826 Å². The number of rotatable bonds is 16. The number of thiophene rings is 2. The molecule has 8 N–H and O–H groups in total. The number of nitrogens with one attached hydrogen (secondary N) is 8. The van der Waals surface area contributed by atoms with Gasteiger partial charge < -0.3 is 46.3 Å². The number of nitrogens with zero attached hydrogens (tertiary/aromatic N) is 15. The van der Waals surface area contributed by atoms with Crippen LogP contribution < -0.4 is 31.3 Å². The second kappa shape index (κ2) is 38.2. The van der Waals surface area contributed by atoms with Gasteiger partial charge in [-0.1, -0.05) is 72.3 Å². The van der Waals surface area contributed by atoms with E-state index >= 15 is 0 Å². The van der Waals surface area contributed by atoms with E-state index in [0.29, 0.717) is 0 Å². The molecule has 25 rings (SSSR count). The quantitative estimate of drug-likeness (QED) is 0.0447. The molecule has 702 valence electrons. The lowest BCUT2D eigenvalue weighted by atomic mass is 10.1. The highest BCUT2D eigenvalue weighted by molar-refractivity contribution is 7.22. The number of imidazole rings is 5. The SMILES string of the molecule is COc1cc2sc(-c3cnc4ccc(Nc5ccc(C)c(C)c5)nn34)cc2cc1C.Cc1ccc(Nc2ccc3ncc(-c4cc5cc(F)ccc5s4)n3n2)cc1C.Cc1ccc(Nc2ccc3ncc(-c4cc5cccc(C)c5[nH]4)n3n2)cc1C.Cc1ccc2[nH]c(-c3cnc4ccc(Nc5ccc(C)c(C)c5)nn34)cc2c1.Cc1ccc2cc(-c3cnc4ccc(Nc5ccc(C)c(C)c5)nn34)[nH]c2c1. The number of methoxy groups -OCH3 is 1. The number of aromatic nitrogens is 18. The molecule has 0 saturated carbocycles. The second-order valence-corrected chi connectivity index (χ2v) is 38.5. The molecule has 27 heteroatoms. The average molecular weight is 1910 g/mol. The third-order valence-electron chi connectivity index (χ3n) is 26.0. The van der Waals surface area contributed by atoms with Crippen LogP contribution in [-0.2, 0) is 0 Å². The summed E-state index contributed by atoms with van der Waals surface area (Å²) in [5.74, 6) is 4.54. The fourth-order valence-corrected chi connectivity index (χ4v) is 19.4. The van der Waals surface area contributed by atoms with Gasteiger partial charge in [0.2, 0.25) is 0 Å². The maximum Gasteiger partial charge on any atom is 0.154 e. The molecule has 0 saturated heterocycles. The van der Waals surface area contributed by atoms with Gasteiger partial charge in [0.15, 0.2) is 57.3 Å². The molecule has 142 heavy (non-hydrogen) atoms. The molecule has 0 radical (unpaired) electrons. The molecule has 10 aromatic carbocycles. The van der Waals surface area contributed by atoms with E-state index in [9.17, 15) is 4.39 Å². The fourth-order valence-electron chi connectivity index (χ4n) is 17.3. The third kappa shape index (κ3) is 19.0. The number of fused-ring (bicyclic) bond motifs is 10. The van der Waals surface area contributed by atoms with Crippen molar-refractivity contribution < 1.29 is 9.13 Å². The highest BCUT2D eigenvalue weighted by Crippen LogP contribution is 2.40. The predicted octanol–water partition coefficient (Wildman–Crippen LogP) is 29.0. The smallest absolute Gasteiger partial charge is 0.154 e. The van der Waals surface area contributed by atoms with Crippen molar-refractivity contribution in [2.24, 2.45) is 0 Å². The molecule has 0 aliphatic rings. The van der Waals surface area contributed by atoms with Crippen molar-refractivity contribution >= 4 is 161 Å². The summed E-state index contributed by atoms with van der Waals surface area (Å²) in [5, 5.41) is 46.5. The van der Waals surface area contributed by atoms with Gasteiger partial charge >= 0.3 is 0 Å². The van der Waals surface area contributed by atoms with E-state index < -0.39 is 0 Å². The monoisotopic (exact) mass is 1900 g/mol. The summed E-state index contributed by atoms with van der Waals surface area (Å²) in [4.78, 5) is 35.2. The van der Waals surface area contributed by atoms with Crippen molar-refractivity contribution in [2.75, 3.05) is 33.7 Å². The molecular weight excluding hydrogens is 1800 g/mol. The van der Waals surface area contributed by atoms with Gasteiger partial charge in [-0.25, -0.2) is 51.9 Å². The number of benzene rings is 10. The lowest BCUT2D eigenvalue weighted by Gasteiger charge is -2.09. The molecule has 15 aromatic heterocycles. The second-order valence-electron chi connectivity index (χ2n) is 36.3. The minimum absolute atomic E-state index is 0.229. The standard InChI is InChI=1S/C24H22N4OS.3C23H21N5.C22H17FN4S/c1-14-5-6-18(10-15(14)2)26-23-7-8-24-25-13-19(28(24)27-23)22-11-17-9-16(3)20(29-4)12-21(17)30-22;1-14-4-7-19-17(10-14)12-20(26-19)21-13-24-23-9-8-22(27-28(21)23)25-18-6-5-15(2)16(3)11-18;1-14-4-6-17-12-20(26-19(17)10-14)21-13-24-23-9-8-22(27-28(21)23)25-18-7-5-15(2)16(3)11-18;1-14-7-8-18(11-16(14)3)25-21-9-10-22-24-13-20(28(22)27-21)19-12-17-6-4-5-15(2)23(17)26-19;1-13-3-5-17(9-14(13)2)25-21-7-8-22-24-12-18(27(22)26-21)20-11-15-10-16(23)4-6-19(15)28-20/h5-13H,1-4H3,(H,26,27);3*4-13,26H,1-3H3,(H,25,27);3-12H,1-2H3,(H,25,26). The Morgan fingerprint density at radius 1 is 0.268 bits per heavy atom. The number of halogens is 1. The van der Waals surface area contributed by atoms with Crippen LogP contribution in [0, 0.1) is 103 Å². The van der Waals surface area contributed by atoms with Crippen molar-refractivity contribution in [1.29, 1.82) is 0 Å². The van der Waals surface area contributed by atoms with Gasteiger partial charge in [0.25, 0.3) is 0 Å². The molecule has 0 bridgehead atoms. The van der Waals surface area contributed by atoms with Crippen LogP contribution in [0.5, 0.6) is 5.75 Å². The minimum atomic E-state index is -0.229. The Kier molecular flexibility index (Phi) is 24.5. The summed E-state index contributed by atoms with van der Waals surface area (Å²) in [6.45, 7) is 29.5. The Morgan fingerprint density at radius 2 is 0.634 bits per heavy atom. The molecule has 0 aliphatic carbocycles. The normalized spacial score (nSPS) is 11.4. The van der Waals surface area contributed by atoms with Gasteiger partial charge in [-0.3, -0.25) is 0 Å². The van der Waals surface area contributed by atoms with Crippen LogP contribution in [0.25, 0.3) is 136 Å². The van der Waals surface area contributed by atoms with Gasteiger partial charge in [-0.05, 0) is 380 Å². The Bertz CT molecular complexity index is 8650. The van der Waals surface area contributed by atoms with Crippen LogP contribution in [-0.4, -0.2) is 95.1 Å². The summed E-state index contributed by atoms with van der Waals surface area (Å²) in [6, 6.07) is 90.0. The molecule has 0 atom stereocenters. The molecule has 0 aliphatic heterocycles. The fraction of sp³-hybridized carbons (Fsp3) is 0.130. The number of para-hydroxylation sites is 1. The van der Waals surface area contributed by atoms with E-state index in [2.05, 4.69) is 339 Å². The topological polar surface area (TPSA) is 268 Å². The zero-order valence-electron chi connectivity index (χ0n) is 81.1. The first-order valence-electron chi connectivity index (χ1n) is 46.8. The number of hydrogen-bond acceptors (Lipinski definition) is 18. The minimum Gasteiger partial charge on any atom is -0.496 e. The molecular formula is C115H102FN23OS2. The average Bonchev–Trinajstić information content (AvgIpc) is 1.64. The van der Waals surface area contributed by atoms with E-state index in [1.165, 1.54) is 105 Å². The van der Waals surface area contributed by atoms with Gasteiger partial charge in [0.05, 0.1) is 64.9 Å². The molecule has 24 nitrogen and oxygen atoms in total. The van der Waals surface area contributed by atoms with Crippen LogP contribution in [0.2, 0.25) is 0 Å². The zero-order chi connectivity index (χ0) is 97.8. The molecule has 0 amide bonds. The zero-order valence-corrected chi connectivity index (χ0v) is 82.7. The van der Waals surface area contributed by atoms with Crippen LogP contribution in [0.1, 0.15) is 77.9 Å². The number of H-pyrrole nitrogens is 3. The molecule has 0 unspecified atom stereocenters. The van der Waals surface area contributed by atoms with E-state index in [4.69, 9.17) is 30.2 Å². The molecule has 25 aromatic rings. The van der Waals surface area contributed by atoms with Crippen LogP contribution >= 0.6 is 22.7 Å². The molecule has 15 heterocycles. The lowest BCUT2D eigenvalue weighted by molar-refractivity contribution is 0.412. The van der Waals surface area contributed by atoms with E-state index in [0.717, 1.165) is 179 Å². The van der Waals surface area contributed by atoms with Crippen LogP contribution in [0.4, 0.5) is 61.9 Å². The highest BCUT2D eigenvalue weighted by Gasteiger charge is 2.21. The summed E-state index contributed by atoms with van der Waals surface area (Å²) < 4.78 is 30.6. The van der Waals surface area contributed by atoms with Crippen molar-refractivity contribution in [3.63, 3.8) is 0 Å². The van der Waals surface area contributed by atoms with Crippen molar-refractivity contribution in [3.05, 3.63) is 382 Å². The third-order valence-corrected chi connectivity index (χ3v) is 28.2. The number of ether oxygens (including phenoxy) is 1. The van der Waals surface area contributed by atoms with E-state index in [-0.39, 0.29) is 5.82 Å². The van der Waals surface area contributed by atoms with Crippen LogP contribution in [0.3, 0.4) is 0 Å². The number of aryl methyl sites for hydroxylation is 14. The summed E-state index contributed by atoms with van der Waals surface area (Å²) in [5.41, 5.74) is 37.6. The van der Waals surface area contributed by atoms with E-state index in [1.54, 1.807) is 35.8 Å². The van der Waals surface area contributed by atoms with Crippen LogP contribution in [0.15, 0.2) is 298 Å². The summed E-state index contributed by atoms with van der Waals surface area (Å²) in [7, 11) is 1.71. The Balaban J connectivity index is 0.000000105. The van der Waals surface area contributed by atoms with Gasteiger partial charge in [0, 0.05) is 70.5 Å². The first kappa shape index (κ1) is 91.0. The van der Waals surface area contributed by atoms with Gasteiger partial charge in [-0.2, -0.15) is 0 Å². The Morgan fingerprint density at radius 3 is 1.05 bits per heavy atom. The maximum atomic E-state index is 13.5. The summed E-state index contributed by atoms with van der Waals surface area (Å²) in [6.07, 6.45) is 9.28. The lowest BCUT2D eigenvalue weighted by Crippen LogP contribution is -2.00. The number of hydrogen-bond donors (Lipinski definition) is 8. The first-order valence-corrected chi connectivity index (χ1v) is 48.5. The maximum absolute atomic E-state index is 13.5. The van der Waals surface area contributed by atoms with Crippen molar-refractivity contribution in [3.8, 4) is 61.1 Å². The summed E-state index contributed by atoms with van der Waals surface area (Å²) >= 11 is 3.32. The number of anilines is 10. The molecule has 0 spiro atoms. The highest BCUT2D eigenvalue weighted by atomic mass is 32.1. The van der Waals surface area contributed by atoms with Gasteiger partial charge in [0.1, 0.15) is 40.0 Å².